The van der Waals surface area contributed by atoms with E-state index >= 15 is 0 Å². The van der Waals surface area contributed by atoms with E-state index in [4.69, 9.17) is 14.2 Å². The lowest BCUT2D eigenvalue weighted by Crippen LogP contribution is -2.23. The standard InChI is InChI=1S/C15H22N2O6/c1-9(2)6-12(23-15(18)16-3)10-7-13(21-4)14(22-5)8-11(10)17(19)20/h7-9,12H,6H2,1-5H3,(H,16,18). The molecule has 1 N–H and O–H groups in total. The summed E-state index contributed by atoms with van der Waals surface area (Å²) in [5, 5.41) is 13.7. The van der Waals surface area contributed by atoms with Crippen LogP contribution in [0.1, 0.15) is 31.9 Å². The Hall–Kier alpha value is -2.51. The lowest BCUT2D eigenvalue weighted by Gasteiger charge is -2.21. The fourth-order valence-electron chi connectivity index (χ4n) is 2.15. The Labute approximate surface area is 134 Å². The molecule has 23 heavy (non-hydrogen) atoms. The number of nitro benzene ring substituents is 1. The summed E-state index contributed by atoms with van der Waals surface area (Å²) in [6.07, 6.45) is -0.987. The van der Waals surface area contributed by atoms with Crippen LogP contribution in [0, 0.1) is 16.0 Å². The molecule has 8 nitrogen and oxygen atoms in total. The monoisotopic (exact) mass is 326 g/mol. The summed E-state index contributed by atoms with van der Waals surface area (Å²) in [5.41, 5.74) is 0.0853. The van der Waals surface area contributed by atoms with Gasteiger partial charge in [-0.1, -0.05) is 13.8 Å². The Morgan fingerprint density at radius 2 is 1.83 bits per heavy atom. The molecule has 1 aromatic carbocycles. The maximum absolute atomic E-state index is 11.6. The molecule has 128 valence electrons. The van der Waals surface area contributed by atoms with Crippen molar-refractivity contribution in [2.24, 2.45) is 5.92 Å². The van der Waals surface area contributed by atoms with E-state index in [9.17, 15) is 14.9 Å². The van der Waals surface area contributed by atoms with Gasteiger partial charge in [0.25, 0.3) is 5.69 Å². The number of benzene rings is 1. The molecular formula is C15H22N2O6. The Morgan fingerprint density at radius 1 is 1.26 bits per heavy atom. The van der Waals surface area contributed by atoms with Gasteiger partial charge in [-0.3, -0.25) is 10.1 Å². The lowest BCUT2D eigenvalue weighted by molar-refractivity contribution is -0.386. The average molecular weight is 326 g/mol. The largest absolute Gasteiger partial charge is 0.493 e. The van der Waals surface area contributed by atoms with Crippen molar-refractivity contribution in [1.29, 1.82) is 0 Å². The van der Waals surface area contributed by atoms with Gasteiger partial charge in [0.05, 0.1) is 30.8 Å². The first-order valence-corrected chi connectivity index (χ1v) is 7.12. The highest BCUT2D eigenvalue weighted by Gasteiger charge is 2.29. The molecular weight excluding hydrogens is 304 g/mol. The first kappa shape index (κ1) is 18.5. The molecule has 1 atom stereocenters. The highest BCUT2D eigenvalue weighted by atomic mass is 16.6. The molecule has 1 unspecified atom stereocenters. The SMILES string of the molecule is CNC(=O)OC(CC(C)C)c1cc(OC)c(OC)cc1[N+](=O)[O-]. The number of hydrogen-bond donors (Lipinski definition) is 1. The molecule has 1 amide bonds. The van der Waals surface area contributed by atoms with Crippen LogP contribution in [0.4, 0.5) is 10.5 Å². The van der Waals surface area contributed by atoms with Gasteiger partial charge in [0.15, 0.2) is 11.5 Å². The first-order chi connectivity index (χ1) is 10.8. The third kappa shape index (κ3) is 4.73. The van der Waals surface area contributed by atoms with E-state index in [1.165, 1.54) is 33.4 Å². The van der Waals surface area contributed by atoms with Crippen LogP contribution in [0.3, 0.4) is 0 Å². The highest BCUT2D eigenvalue weighted by molar-refractivity contribution is 5.67. The summed E-state index contributed by atoms with van der Waals surface area (Å²) in [4.78, 5) is 22.4. The fourth-order valence-corrected chi connectivity index (χ4v) is 2.15. The van der Waals surface area contributed by atoms with Gasteiger partial charge in [0.2, 0.25) is 0 Å². The third-order valence-corrected chi connectivity index (χ3v) is 3.22. The molecule has 0 aliphatic carbocycles. The smallest absolute Gasteiger partial charge is 0.407 e. The molecule has 0 saturated carbocycles. The molecule has 1 rings (SSSR count). The molecule has 0 bridgehead atoms. The van der Waals surface area contributed by atoms with Gasteiger partial charge < -0.3 is 19.5 Å². The van der Waals surface area contributed by atoms with E-state index in [1.54, 1.807) is 0 Å². The Kier molecular flexibility index (Phi) is 6.62. The van der Waals surface area contributed by atoms with Gasteiger partial charge in [-0.15, -0.1) is 0 Å². The van der Waals surface area contributed by atoms with Crippen molar-refractivity contribution >= 4 is 11.8 Å². The molecule has 8 heteroatoms. The normalized spacial score (nSPS) is 11.7. The maximum Gasteiger partial charge on any atom is 0.407 e. The number of carbonyl (C=O) groups excluding carboxylic acids is 1. The number of nitro groups is 1. The van der Waals surface area contributed by atoms with Crippen LogP contribution in [0.15, 0.2) is 12.1 Å². The zero-order valence-corrected chi connectivity index (χ0v) is 13.9. The van der Waals surface area contributed by atoms with Crippen LogP contribution in [0.2, 0.25) is 0 Å². The topological polar surface area (TPSA) is 99.9 Å². The highest BCUT2D eigenvalue weighted by Crippen LogP contribution is 2.40. The van der Waals surface area contributed by atoms with Gasteiger partial charge in [0.1, 0.15) is 6.10 Å². The first-order valence-electron chi connectivity index (χ1n) is 7.12. The summed E-state index contributed by atoms with van der Waals surface area (Å²) in [6.45, 7) is 3.87. The number of alkyl carbamates (subject to hydrolysis) is 1. The second-order valence-corrected chi connectivity index (χ2v) is 5.30. The van der Waals surface area contributed by atoms with Crippen molar-refractivity contribution in [3.63, 3.8) is 0 Å². The molecule has 1 aromatic rings. The van der Waals surface area contributed by atoms with Crippen molar-refractivity contribution in [3.8, 4) is 11.5 Å². The summed E-state index contributed by atoms with van der Waals surface area (Å²) >= 11 is 0. The van der Waals surface area contributed by atoms with Crippen LogP contribution in [-0.2, 0) is 4.74 Å². The second-order valence-electron chi connectivity index (χ2n) is 5.30. The number of carbonyl (C=O) groups is 1. The van der Waals surface area contributed by atoms with Crippen LogP contribution in [-0.4, -0.2) is 32.3 Å². The van der Waals surface area contributed by atoms with Crippen LogP contribution in [0.25, 0.3) is 0 Å². The van der Waals surface area contributed by atoms with E-state index in [0.717, 1.165) is 0 Å². The third-order valence-electron chi connectivity index (χ3n) is 3.22. The molecule has 0 fully saturated rings. The van der Waals surface area contributed by atoms with E-state index in [1.807, 2.05) is 13.8 Å². The van der Waals surface area contributed by atoms with Gasteiger partial charge in [-0.05, 0) is 18.4 Å². The van der Waals surface area contributed by atoms with Crippen molar-refractivity contribution in [2.45, 2.75) is 26.4 Å². The molecule has 0 heterocycles. The van der Waals surface area contributed by atoms with Gasteiger partial charge >= 0.3 is 6.09 Å². The number of nitrogens with zero attached hydrogens (tertiary/aromatic N) is 1. The minimum absolute atomic E-state index is 0.164. The number of methoxy groups -OCH3 is 2. The Bertz CT molecular complexity index is 573. The zero-order chi connectivity index (χ0) is 17.6. The summed E-state index contributed by atoms with van der Waals surface area (Å²) < 4.78 is 15.6. The van der Waals surface area contributed by atoms with Gasteiger partial charge in [-0.2, -0.15) is 0 Å². The molecule has 0 aromatic heterocycles. The molecule has 0 radical (unpaired) electrons. The van der Waals surface area contributed by atoms with Crippen LogP contribution >= 0.6 is 0 Å². The van der Waals surface area contributed by atoms with Crippen molar-refractivity contribution in [1.82, 2.24) is 5.32 Å². The molecule has 0 spiro atoms. The Morgan fingerprint density at radius 3 is 2.26 bits per heavy atom. The minimum atomic E-state index is -0.768. The van der Waals surface area contributed by atoms with Crippen molar-refractivity contribution < 1.29 is 23.9 Å². The van der Waals surface area contributed by atoms with E-state index < -0.39 is 17.1 Å². The number of hydrogen-bond acceptors (Lipinski definition) is 6. The van der Waals surface area contributed by atoms with Crippen LogP contribution in [0.5, 0.6) is 11.5 Å². The van der Waals surface area contributed by atoms with Crippen LogP contribution < -0.4 is 14.8 Å². The quantitative estimate of drug-likeness (QED) is 0.610. The van der Waals surface area contributed by atoms with Crippen molar-refractivity contribution in [2.75, 3.05) is 21.3 Å². The zero-order valence-electron chi connectivity index (χ0n) is 13.9. The number of rotatable bonds is 7. The van der Waals surface area contributed by atoms with Crippen molar-refractivity contribution in [3.05, 3.63) is 27.8 Å². The number of amides is 1. The predicted octanol–water partition coefficient (Wildman–Crippen LogP) is 3.06. The predicted molar refractivity (Wildman–Crippen MR) is 83.9 cm³/mol. The molecule has 0 saturated heterocycles. The van der Waals surface area contributed by atoms with E-state index in [2.05, 4.69) is 5.32 Å². The second kappa shape index (κ2) is 8.21. The van der Waals surface area contributed by atoms with E-state index in [-0.39, 0.29) is 22.9 Å². The maximum atomic E-state index is 11.6. The number of ether oxygens (including phenoxy) is 3. The molecule has 0 aliphatic heterocycles. The summed E-state index contributed by atoms with van der Waals surface area (Å²) in [5.74, 6) is 0.742. The number of nitrogens with one attached hydrogen (secondary N) is 1. The van der Waals surface area contributed by atoms with Gasteiger partial charge in [0, 0.05) is 7.05 Å². The summed E-state index contributed by atoms with van der Waals surface area (Å²) in [7, 11) is 4.26. The fraction of sp³-hybridized carbons (Fsp3) is 0.533. The lowest BCUT2D eigenvalue weighted by atomic mass is 9.97. The molecule has 0 aliphatic rings. The van der Waals surface area contributed by atoms with E-state index in [0.29, 0.717) is 12.2 Å². The Balaban J connectivity index is 3.42. The minimum Gasteiger partial charge on any atom is -0.493 e. The van der Waals surface area contributed by atoms with Gasteiger partial charge in [-0.25, -0.2) is 4.79 Å². The average Bonchev–Trinajstić information content (AvgIpc) is 2.51. The summed E-state index contributed by atoms with van der Waals surface area (Å²) in [6, 6.07) is 2.75.